The third-order valence-corrected chi connectivity index (χ3v) is 1.18. The number of rotatable bonds is 4. The Morgan fingerprint density at radius 3 is 2.50 bits per heavy atom. The van der Waals surface area contributed by atoms with Crippen molar-refractivity contribution in [2.24, 2.45) is 0 Å². The first-order chi connectivity index (χ1) is 4.77. The van der Waals surface area contributed by atoms with Crippen molar-refractivity contribution < 1.29 is 5.11 Å². The molecule has 0 atom stereocenters. The molecule has 58 valence electrons. The molecule has 3 heteroatoms. The van der Waals surface area contributed by atoms with Crippen LogP contribution in [0.25, 0.3) is 0 Å². The van der Waals surface area contributed by atoms with E-state index in [1.807, 2.05) is 12.2 Å². The van der Waals surface area contributed by atoms with Crippen LogP contribution < -0.4 is 0 Å². The number of aliphatic hydroxyl groups is 1. The molecule has 0 amide bonds. The van der Waals surface area contributed by atoms with Crippen LogP contribution in [0.2, 0.25) is 0 Å². The van der Waals surface area contributed by atoms with Crippen LogP contribution in [-0.2, 0) is 0 Å². The zero-order valence-corrected chi connectivity index (χ0v) is 7.07. The van der Waals surface area contributed by atoms with E-state index in [0.717, 1.165) is 6.42 Å². The van der Waals surface area contributed by atoms with Gasteiger partial charge in [0.15, 0.2) is 0 Å². The van der Waals surface area contributed by atoms with Gasteiger partial charge in [0, 0.05) is 6.61 Å². The highest BCUT2D eigenvalue weighted by Crippen LogP contribution is 2.07. The van der Waals surface area contributed by atoms with Gasteiger partial charge in [0.25, 0.3) is 0 Å². The summed E-state index contributed by atoms with van der Waals surface area (Å²) in [5, 5.41) is 8.36. The van der Waals surface area contributed by atoms with E-state index in [-0.39, 0.29) is 11.1 Å². The van der Waals surface area contributed by atoms with Crippen molar-refractivity contribution in [2.75, 3.05) is 6.61 Å². The molecule has 10 heavy (non-hydrogen) atoms. The summed E-state index contributed by atoms with van der Waals surface area (Å²) in [6, 6.07) is 0. The Bertz CT molecular complexity index is 126. The van der Waals surface area contributed by atoms with E-state index in [0.29, 0.717) is 6.42 Å². The molecule has 0 aliphatic heterocycles. The van der Waals surface area contributed by atoms with E-state index in [9.17, 15) is 0 Å². The molecular formula is C7H10Cl2O. The lowest BCUT2D eigenvalue weighted by atomic mass is 10.3. The molecule has 0 aliphatic carbocycles. The minimum atomic E-state index is 0.189. The quantitative estimate of drug-likeness (QED) is 0.661. The van der Waals surface area contributed by atoms with Gasteiger partial charge in [-0.2, -0.15) is 0 Å². The Balaban J connectivity index is 3.27. The van der Waals surface area contributed by atoms with Crippen molar-refractivity contribution in [3.8, 4) is 0 Å². The Labute approximate surface area is 71.0 Å². The lowest BCUT2D eigenvalue weighted by Gasteiger charge is -1.83. The second-order valence-corrected chi connectivity index (χ2v) is 2.72. The van der Waals surface area contributed by atoms with Gasteiger partial charge in [-0.3, -0.25) is 0 Å². The molecule has 0 saturated heterocycles. The molecule has 0 fully saturated rings. The van der Waals surface area contributed by atoms with Gasteiger partial charge in [-0.1, -0.05) is 41.4 Å². The summed E-state index contributed by atoms with van der Waals surface area (Å²) in [5.74, 6) is 0. The van der Waals surface area contributed by atoms with Crippen molar-refractivity contribution >= 4 is 23.2 Å². The average Bonchev–Trinajstić information content (AvgIpc) is 1.87. The first kappa shape index (κ1) is 10.0. The SMILES string of the molecule is OCC/C=C/CC=C(Cl)Cl. The fraction of sp³-hybridized carbons (Fsp3) is 0.429. The Kier molecular flexibility index (Phi) is 7.15. The lowest BCUT2D eigenvalue weighted by Crippen LogP contribution is -1.74. The molecular weight excluding hydrogens is 171 g/mol. The molecule has 0 heterocycles. The van der Waals surface area contributed by atoms with Gasteiger partial charge in [0.1, 0.15) is 4.49 Å². The maximum absolute atomic E-state index is 8.36. The molecule has 0 saturated carbocycles. The van der Waals surface area contributed by atoms with Crippen molar-refractivity contribution in [1.29, 1.82) is 0 Å². The number of halogens is 2. The molecule has 0 rings (SSSR count). The monoisotopic (exact) mass is 180 g/mol. The van der Waals surface area contributed by atoms with Gasteiger partial charge >= 0.3 is 0 Å². The molecule has 0 radical (unpaired) electrons. The Hall–Kier alpha value is 0.0200. The minimum Gasteiger partial charge on any atom is -0.396 e. The first-order valence-corrected chi connectivity index (χ1v) is 3.80. The normalized spacial score (nSPS) is 10.3. The summed E-state index contributed by atoms with van der Waals surface area (Å²) < 4.78 is 0.286. The zero-order chi connectivity index (χ0) is 7.82. The molecule has 0 unspecified atom stereocenters. The average molecular weight is 181 g/mol. The van der Waals surface area contributed by atoms with Gasteiger partial charge in [-0.05, 0) is 12.8 Å². The van der Waals surface area contributed by atoms with E-state index in [1.165, 1.54) is 0 Å². The minimum absolute atomic E-state index is 0.189. The maximum Gasteiger partial charge on any atom is 0.103 e. The van der Waals surface area contributed by atoms with Crippen molar-refractivity contribution in [3.63, 3.8) is 0 Å². The second-order valence-electron chi connectivity index (χ2n) is 1.71. The first-order valence-electron chi connectivity index (χ1n) is 3.04. The smallest absolute Gasteiger partial charge is 0.103 e. The third-order valence-electron chi connectivity index (χ3n) is 0.871. The number of hydrogen-bond donors (Lipinski definition) is 1. The fourth-order valence-electron chi connectivity index (χ4n) is 0.446. The van der Waals surface area contributed by atoms with Crippen molar-refractivity contribution in [2.45, 2.75) is 12.8 Å². The van der Waals surface area contributed by atoms with Gasteiger partial charge in [0.05, 0.1) is 0 Å². The maximum atomic E-state index is 8.36. The van der Waals surface area contributed by atoms with Crippen LogP contribution in [0.5, 0.6) is 0 Å². The van der Waals surface area contributed by atoms with Crippen LogP contribution >= 0.6 is 23.2 Å². The molecule has 0 aromatic carbocycles. The van der Waals surface area contributed by atoms with Crippen LogP contribution in [-0.4, -0.2) is 11.7 Å². The molecule has 0 bridgehead atoms. The summed E-state index contributed by atoms with van der Waals surface area (Å²) in [4.78, 5) is 0. The Morgan fingerprint density at radius 1 is 1.30 bits per heavy atom. The fourth-order valence-corrected chi connectivity index (χ4v) is 0.624. The number of allylic oxidation sites excluding steroid dienone is 2. The van der Waals surface area contributed by atoms with Gasteiger partial charge < -0.3 is 5.11 Å². The summed E-state index contributed by atoms with van der Waals surface area (Å²) in [7, 11) is 0. The lowest BCUT2D eigenvalue weighted by molar-refractivity contribution is 0.302. The van der Waals surface area contributed by atoms with E-state index in [1.54, 1.807) is 6.08 Å². The predicted octanol–water partition coefficient (Wildman–Crippen LogP) is 2.63. The molecule has 0 aromatic rings. The molecule has 1 N–H and O–H groups in total. The van der Waals surface area contributed by atoms with E-state index in [4.69, 9.17) is 28.3 Å². The summed E-state index contributed by atoms with van der Waals surface area (Å²) >= 11 is 10.7. The van der Waals surface area contributed by atoms with Crippen LogP contribution in [0, 0.1) is 0 Å². The highest BCUT2D eigenvalue weighted by Gasteiger charge is 1.78. The van der Waals surface area contributed by atoms with Crippen LogP contribution in [0.1, 0.15) is 12.8 Å². The molecule has 0 aliphatic rings. The van der Waals surface area contributed by atoms with E-state index >= 15 is 0 Å². The standard InChI is InChI=1S/C7H10Cl2O/c8-7(9)5-3-1-2-4-6-10/h1-2,5,10H,3-4,6H2/b2-1+. The van der Waals surface area contributed by atoms with Gasteiger partial charge in [-0.15, -0.1) is 0 Å². The van der Waals surface area contributed by atoms with Crippen LogP contribution in [0.4, 0.5) is 0 Å². The summed E-state index contributed by atoms with van der Waals surface area (Å²) in [5.41, 5.74) is 0. The van der Waals surface area contributed by atoms with Crippen LogP contribution in [0.3, 0.4) is 0 Å². The summed E-state index contributed by atoms with van der Waals surface area (Å²) in [6.45, 7) is 0.189. The van der Waals surface area contributed by atoms with Gasteiger partial charge in [0.2, 0.25) is 0 Å². The van der Waals surface area contributed by atoms with E-state index < -0.39 is 0 Å². The zero-order valence-electron chi connectivity index (χ0n) is 5.56. The number of hydrogen-bond acceptors (Lipinski definition) is 1. The molecule has 0 spiro atoms. The summed E-state index contributed by atoms with van der Waals surface area (Å²) in [6.07, 6.45) is 6.89. The highest BCUT2D eigenvalue weighted by atomic mass is 35.5. The largest absolute Gasteiger partial charge is 0.396 e. The van der Waals surface area contributed by atoms with Crippen molar-refractivity contribution in [3.05, 3.63) is 22.7 Å². The van der Waals surface area contributed by atoms with Gasteiger partial charge in [-0.25, -0.2) is 0 Å². The number of aliphatic hydroxyl groups excluding tert-OH is 1. The topological polar surface area (TPSA) is 20.2 Å². The highest BCUT2D eigenvalue weighted by molar-refractivity contribution is 6.55. The third kappa shape index (κ3) is 8.02. The van der Waals surface area contributed by atoms with Crippen LogP contribution in [0.15, 0.2) is 22.7 Å². The van der Waals surface area contributed by atoms with E-state index in [2.05, 4.69) is 0 Å². The molecule has 1 nitrogen and oxygen atoms in total. The predicted molar refractivity (Wildman–Crippen MR) is 45.2 cm³/mol. The Morgan fingerprint density at radius 2 is 2.00 bits per heavy atom. The second kappa shape index (κ2) is 7.13. The molecule has 0 aromatic heterocycles. The van der Waals surface area contributed by atoms with Crippen molar-refractivity contribution in [1.82, 2.24) is 0 Å².